The minimum atomic E-state index is 1.12. The Balaban J connectivity index is 1.24. The molecule has 0 aliphatic rings. The predicted octanol–water partition coefficient (Wildman–Crippen LogP) is 15.5. The molecule has 0 radical (unpaired) electrons. The number of rotatable bonds is 8. The van der Waals surface area contributed by atoms with Crippen LogP contribution in [0, 0.1) is 13.8 Å². The van der Waals surface area contributed by atoms with E-state index < -0.39 is 0 Å². The van der Waals surface area contributed by atoms with E-state index in [1.54, 1.807) is 0 Å². The van der Waals surface area contributed by atoms with Crippen molar-refractivity contribution in [1.29, 1.82) is 0 Å². The van der Waals surface area contributed by atoms with E-state index >= 15 is 0 Å². The van der Waals surface area contributed by atoms with Gasteiger partial charge in [0.05, 0.1) is 22.7 Å². The van der Waals surface area contributed by atoms with Gasteiger partial charge in [0.2, 0.25) is 0 Å². The van der Waals surface area contributed by atoms with Crippen LogP contribution in [0.3, 0.4) is 0 Å². The van der Waals surface area contributed by atoms with E-state index in [0.717, 1.165) is 34.1 Å². The van der Waals surface area contributed by atoms with Crippen molar-refractivity contribution in [2.24, 2.45) is 0 Å². The number of benzene rings is 10. The molecule has 0 amide bonds. The normalized spacial score (nSPS) is 11.4. The molecule has 2 heteroatoms. The number of hydrogen-bond acceptors (Lipinski definition) is 2. The van der Waals surface area contributed by atoms with Crippen LogP contribution in [0.5, 0.6) is 0 Å². The topological polar surface area (TPSA) is 6.48 Å². The van der Waals surface area contributed by atoms with Gasteiger partial charge in [0.1, 0.15) is 0 Å². The van der Waals surface area contributed by atoms with Gasteiger partial charge in [-0.2, -0.15) is 0 Å². The van der Waals surface area contributed by atoms with Crippen molar-refractivity contribution in [3.8, 4) is 22.3 Å². The lowest BCUT2D eigenvalue weighted by Crippen LogP contribution is -2.13. The van der Waals surface area contributed by atoms with E-state index in [1.807, 2.05) is 0 Å². The molecule has 10 rings (SSSR count). The number of hydrogen-bond donors (Lipinski definition) is 0. The molecule has 0 fully saturated rings. The molecule has 0 N–H and O–H groups in total. The van der Waals surface area contributed by atoms with Crippen molar-refractivity contribution in [1.82, 2.24) is 0 Å². The molecule has 0 bridgehead atoms. The van der Waals surface area contributed by atoms with Gasteiger partial charge in [-0.15, -0.1) is 0 Å². The Labute approximate surface area is 328 Å². The van der Waals surface area contributed by atoms with E-state index in [1.165, 1.54) is 65.7 Å². The molecule has 10 aromatic rings. The second-order valence-electron chi connectivity index (χ2n) is 14.7. The van der Waals surface area contributed by atoms with Crippen LogP contribution < -0.4 is 9.80 Å². The van der Waals surface area contributed by atoms with Gasteiger partial charge in [0, 0.05) is 33.3 Å². The highest BCUT2D eigenvalue weighted by Crippen LogP contribution is 2.50. The van der Waals surface area contributed by atoms with Gasteiger partial charge >= 0.3 is 0 Å². The van der Waals surface area contributed by atoms with Crippen molar-refractivity contribution in [2.75, 3.05) is 9.80 Å². The summed E-state index contributed by atoms with van der Waals surface area (Å²) in [4.78, 5) is 4.90. The van der Waals surface area contributed by atoms with Crippen molar-refractivity contribution in [3.05, 3.63) is 217 Å². The first kappa shape index (κ1) is 33.4. The second-order valence-corrected chi connectivity index (χ2v) is 14.7. The average Bonchev–Trinajstić information content (AvgIpc) is 3.26. The fourth-order valence-corrected chi connectivity index (χ4v) is 8.52. The summed E-state index contributed by atoms with van der Waals surface area (Å²) < 4.78 is 0. The molecular weight excluding hydrogens is 677 g/mol. The molecule has 0 aliphatic carbocycles. The summed E-state index contributed by atoms with van der Waals surface area (Å²) >= 11 is 0. The second kappa shape index (κ2) is 13.9. The first-order valence-corrected chi connectivity index (χ1v) is 19.4. The van der Waals surface area contributed by atoms with Gasteiger partial charge in [-0.05, 0) is 107 Å². The molecular formula is C54H40N2. The molecule has 0 aliphatic heterocycles. The number of aryl methyl sites for hydroxylation is 2. The van der Waals surface area contributed by atoms with Crippen LogP contribution in [0.15, 0.2) is 206 Å². The molecule has 0 saturated carbocycles. The summed E-state index contributed by atoms with van der Waals surface area (Å²) in [6, 6.07) is 75.2. The molecule has 0 spiro atoms. The van der Waals surface area contributed by atoms with Gasteiger partial charge in [0.15, 0.2) is 0 Å². The van der Waals surface area contributed by atoms with Crippen LogP contribution in [-0.4, -0.2) is 0 Å². The summed E-state index contributed by atoms with van der Waals surface area (Å²) in [5.41, 5.74) is 14.1. The van der Waals surface area contributed by atoms with Crippen molar-refractivity contribution >= 4 is 66.4 Å². The quantitative estimate of drug-likeness (QED) is 0.144. The molecule has 0 atom stereocenters. The monoisotopic (exact) mass is 716 g/mol. The minimum Gasteiger partial charge on any atom is -0.309 e. The van der Waals surface area contributed by atoms with E-state index in [9.17, 15) is 0 Å². The molecule has 0 unspecified atom stereocenters. The first-order chi connectivity index (χ1) is 27.6. The Bertz CT molecular complexity index is 2770. The fourth-order valence-electron chi connectivity index (χ4n) is 8.52. The third-order valence-corrected chi connectivity index (χ3v) is 11.1. The Morgan fingerprint density at radius 3 is 1.04 bits per heavy atom. The zero-order chi connectivity index (χ0) is 37.6. The largest absolute Gasteiger partial charge is 0.309 e. The van der Waals surface area contributed by atoms with Crippen LogP contribution >= 0.6 is 0 Å². The Morgan fingerprint density at radius 2 is 0.643 bits per heavy atom. The molecule has 266 valence electrons. The third kappa shape index (κ3) is 5.75. The van der Waals surface area contributed by atoms with Crippen molar-refractivity contribution in [3.63, 3.8) is 0 Å². The zero-order valence-corrected chi connectivity index (χ0v) is 31.5. The van der Waals surface area contributed by atoms with Gasteiger partial charge < -0.3 is 9.80 Å². The van der Waals surface area contributed by atoms with E-state index in [0.29, 0.717) is 0 Å². The minimum absolute atomic E-state index is 1.12. The molecule has 0 heterocycles. The number of nitrogens with zero attached hydrogens (tertiary/aromatic N) is 2. The van der Waals surface area contributed by atoms with Crippen LogP contribution in [0.4, 0.5) is 34.1 Å². The van der Waals surface area contributed by atoms with E-state index in [-0.39, 0.29) is 0 Å². The van der Waals surface area contributed by atoms with E-state index in [4.69, 9.17) is 0 Å². The molecule has 0 aromatic heterocycles. The summed E-state index contributed by atoms with van der Waals surface area (Å²) in [5.74, 6) is 0. The van der Waals surface area contributed by atoms with Crippen molar-refractivity contribution < 1.29 is 0 Å². The summed E-state index contributed by atoms with van der Waals surface area (Å²) in [6.07, 6.45) is 0. The highest BCUT2D eigenvalue weighted by atomic mass is 15.2. The average molecular weight is 717 g/mol. The summed E-state index contributed by atoms with van der Waals surface area (Å²) in [6.45, 7) is 4.35. The van der Waals surface area contributed by atoms with Crippen LogP contribution in [0.25, 0.3) is 54.6 Å². The highest BCUT2D eigenvalue weighted by molar-refractivity contribution is 6.28. The lowest BCUT2D eigenvalue weighted by molar-refractivity contribution is 1.29. The summed E-state index contributed by atoms with van der Waals surface area (Å²) in [5, 5.41) is 7.43. The standard InChI is InChI=1S/C54H40N2/c1-37-23-31-51(47(35-37)39-15-7-3-8-16-39)55(43-19-11-5-12-20-43)49-33-27-41-26-30-46-50(34-28-42-25-29-45(49)53(41)54(42)46)56(44-21-13-6-14-22-44)52-32-24-38(2)36-48(52)40-17-9-4-10-18-40/h3-36H,1-2H3. The smallest absolute Gasteiger partial charge is 0.0540 e. The lowest BCUT2D eigenvalue weighted by atomic mass is 9.91. The van der Waals surface area contributed by atoms with Gasteiger partial charge in [0.25, 0.3) is 0 Å². The predicted molar refractivity (Wildman–Crippen MR) is 240 cm³/mol. The number of anilines is 6. The van der Waals surface area contributed by atoms with E-state index in [2.05, 4.69) is 230 Å². The van der Waals surface area contributed by atoms with Crippen LogP contribution in [0.1, 0.15) is 11.1 Å². The van der Waals surface area contributed by atoms with Crippen LogP contribution in [0.2, 0.25) is 0 Å². The zero-order valence-electron chi connectivity index (χ0n) is 31.5. The fraction of sp³-hybridized carbons (Fsp3) is 0.0370. The molecule has 10 aromatic carbocycles. The Hall–Kier alpha value is -7.16. The highest BCUT2D eigenvalue weighted by Gasteiger charge is 2.24. The maximum atomic E-state index is 2.45. The molecule has 0 saturated heterocycles. The maximum absolute atomic E-state index is 2.45. The molecule has 2 nitrogen and oxygen atoms in total. The lowest BCUT2D eigenvalue weighted by Gasteiger charge is -2.31. The van der Waals surface area contributed by atoms with Crippen LogP contribution in [-0.2, 0) is 0 Å². The van der Waals surface area contributed by atoms with Gasteiger partial charge in [-0.1, -0.05) is 157 Å². The third-order valence-electron chi connectivity index (χ3n) is 11.1. The molecule has 56 heavy (non-hydrogen) atoms. The van der Waals surface area contributed by atoms with Gasteiger partial charge in [-0.25, -0.2) is 0 Å². The summed E-state index contributed by atoms with van der Waals surface area (Å²) in [7, 11) is 0. The maximum Gasteiger partial charge on any atom is 0.0540 e. The van der Waals surface area contributed by atoms with Crippen molar-refractivity contribution in [2.45, 2.75) is 13.8 Å². The Kier molecular flexibility index (Phi) is 8.30. The SMILES string of the molecule is Cc1ccc(N(c2ccccc2)c2ccc3ccc4c(N(c5ccccc5)c5ccc(C)cc5-c5ccccc5)ccc5ccc2c3c54)c(-c2ccccc2)c1. The van der Waals surface area contributed by atoms with Gasteiger partial charge in [-0.3, -0.25) is 0 Å². The first-order valence-electron chi connectivity index (χ1n) is 19.4. The number of para-hydroxylation sites is 2. The Morgan fingerprint density at radius 1 is 0.304 bits per heavy atom.